The summed E-state index contributed by atoms with van der Waals surface area (Å²) >= 11 is 0. The van der Waals surface area contributed by atoms with E-state index in [2.05, 4.69) is 15.6 Å². The third-order valence-electron chi connectivity index (χ3n) is 2.50. The number of aliphatic carboxylic acids is 1. The number of carbonyl (C=O) groups is 2. The standard InChI is InChI=1S/C13H14N4O4/c18-12(19)9-21-7-6-14-13(20)11-8-17(16-15-11)10-4-2-1-3-5-10/h1-5,8H,6-7,9H2,(H,14,20)(H,18,19). The van der Waals surface area contributed by atoms with Crippen LogP contribution in [-0.2, 0) is 9.53 Å². The number of amides is 1. The lowest BCUT2D eigenvalue weighted by Gasteiger charge is -2.02. The first kappa shape index (κ1) is 14.7. The Morgan fingerprint density at radius 1 is 1.29 bits per heavy atom. The van der Waals surface area contributed by atoms with Gasteiger partial charge in [-0.25, -0.2) is 9.48 Å². The van der Waals surface area contributed by atoms with Crippen LogP contribution in [0.2, 0.25) is 0 Å². The number of carbonyl (C=O) groups excluding carboxylic acids is 1. The van der Waals surface area contributed by atoms with Crippen LogP contribution in [0.1, 0.15) is 10.5 Å². The molecule has 1 amide bonds. The second kappa shape index (κ2) is 7.15. The van der Waals surface area contributed by atoms with Crippen molar-refractivity contribution in [1.82, 2.24) is 20.3 Å². The second-order valence-corrected chi connectivity index (χ2v) is 4.09. The zero-order chi connectivity index (χ0) is 15.1. The largest absolute Gasteiger partial charge is 0.480 e. The number of hydrogen-bond acceptors (Lipinski definition) is 5. The molecule has 0 saturated carbocycles. The molecule has 2 N–H and O–H groups in total. The molecule has 0 saturated heterocycles. The summed E-state index contributed by atoms with van der Waals surface area (Å²) in [6, 6.07) is 9.28. The molecular formula is C13H14N4O4. The lowest BCUT2D eigenvalue weighted by Crippen LogP contribution is -2.28. The maximum Gasteiger partial charge on any atom is 0.329 e. The van der Waals surface area contributed by atoms with Crippen LogP contribution in [0.15, 0.2) is 36.5 Å². The summed E-state index contributed by atoms with van der Waals surface area (Å²) in [6.45, 7) is -0.0742. The Morgan fingerprint density at radius 2 is 2.05 bits per heavy atom. The predicted octanol–water partition coefficient (Wildman–Crippen LogP) is 0.0983. The molecule has 0 spiro atoms. The lowest BCUT2D eigenvalue weighted by atomic mass is 10.3. The summed E-state index contributed by atoms with van der Waals surface area (Å²) in [5.41, 5.74) is 0.978. The number of hydrogen-bond donors (Lipinski definition) is 2. The molecule has 0 aliphatic heterocycles. The van der Waals surface area contributed by atoms with Gasteiger partial charge in [0.2, 0.25) is 0 Å². The van der Waals surface area contributed by atoms with Gasteiger partial charge >= 0.3 is 5.97 Å². The molecule has 1 aromatic carbocycles. The summed E-state index contributed by atoms with van der Waals surface area (Å²) in [5.74, 6) is -1.44. The van der Waals surface area contributed by atoms with Crippen molar-refractivity contribution in [3.63, 3.8) is 0 Å². The summed E-state index contributed by atoms with van der Waals surface area (Å²) in [6.07, 6.45) is 1.52. The molecule has 1 aromatic heterocycles. The molecule has 0 aliphatic rings. The smallest absolute Gasteiger partial charge is 0.329 e. The molecule has 21 heavy (non-hydrogen) atoms. The van der Waals surface area contributed by atoms with Gasteiger partial charge in [0.05, 0.1) is 18.5 Å². The molecule has 0 atom stereocenters. The van der Waals surface area contributed by atoms with Gasteiger partial charge in [0.15, 0.2) is 5.69 Å². The fourth-order valence-corrected chi connectivity index (χ4v) is 1.56. The summed E-state index contributed by atoms with van der Waals surface area (Å²) in [7, 11) is 0. The molecule has 2 aromatic rings. The topological polar surface area (TPSA) is 106 Å². The SMILES string of the molecule is O=C(O)COCCNC(=O)c1cn(-c2ccccc2)nn1. The van der Waals surface area contributed by atoms with E-state index in [9.17, 15) is 9.59 Å². The Balaban J connectivity index is 1.84. The average molecular weight is 290 g/mol. The van der Waals surface area contributed by atoms with E-state index in [4.69, 9.17) is 9.84 Å². The van der Waals surface area contributed by atoms with Gasteiger partial charge in [0.25, 0.3) is 5.91 Å². The number of para-hydroxylation sites is 1. The van der Waals surface area contributed by atoms with Gasteiger partial charge in [-0.15, -0.1) is 5.10 Å². The molecule has 0 fully saturated rings. The monoisotopic (exact) mass is 290 g/mol. The van der Waals surface area contributed by atoms with Crippen LogP contribution in [0.25, 0.3) is 5.69 Å². The number of aromatic nitrogens is 3. The van der Waals surface area contributed by atoms with E-state index in [-0.39, 0.29) is 25.5 Å². The van der Waals surface area contributed by atoms with Gasteiger partial charge in [0.1, 0.15) is 6.61 Å². The van der Waals surface area contributed by atoms with Crippen molar-refractivity contribution in [1.29, 1.82) is 0 Å². The first-order valence-electron chi connectivity index (χ1n) is 6.22. The number of ether oxygens (including phenoxy) is 1. The molecule has 0 radical (unpaired) electrons. The zero-order valence-corrected chi connectivity index (χ0v) is 11.1. The van der Waals surface area contributed by atoms with E-state index in [1.54, 1.807) is 0 Å². The van der Waals surface area contributed by atoms with Crippen molar-refractivity contribution in [3.8, 4) is 5.69 Å². The van der Waals surface area contributed by atoms with Crippen molar-refractivity contribution in [3.05, 3.63) is 42.2 Å². The van der Waals surface area contributed by atoms with Gasteiger partial charge in [-0.2, -0.15) is 0 Å². The highest BCUT2D eigenvalue weighted by Gasteiger charge is 2.10. The Bertz CT molecular complexity index is 612. The average Bonchev–Trinajstić information content (AvgIpc) is 2.97. The van der Waals surface area contributed by atoms with E-state index in [1.165, 1.54) is 10.9 Å². The Kier molecular flexibility index (Phi) is 4.99. The minimum absolute atomic E-state index is 0.116. The Hall–Kier alpha value is -2.74. The number of carboxylic acid groups (broad SMARTS) is 1. The maximum atomic E-state index is 11.8. The quantitative estimate of drug-likeness (QED) is 0.700. The number of carboxylic acids is 1. The molecule has 8 heteroatoms. The van der Waals surface area contributed by atoms with Crippen LogP contribution in [0.4, 0.5) is 0 Å². The van der Waals surface area contributed by atoms with E-state index in [0.29, 0.717) is 0 Å². The zero-order valence-electron chi connectivity index (χ0n) is 11.1. The van der Waals surface area contributed by atoms with Crippen molar-refractivity contribution in [2.24, 2.45) is 0 Å². The van der Waals surface area contributed by atoms with Crippen LogP contribution in [0.3, 0.4) is 0 Å². The molecular weight excluding hydrogens is 276 g/mol. The van der Waals surface area contributed by atoms with Gasteiger partial charge in [-0.3, -0.25) is 4.79 Å². The van der Waals surface area contributed by atoms with Crippen LogP contribution in [-0.4, -0.2) is 51.7 Å². The fourth-order valence-electron chi connectivity index (χ4n) is 1.56. The lowest BCUT2D eigenvalue weighted by molar-refractivity contribution is -0.142. The predicted molar refractivity (Wildman–Crippen MR) is 72.1 cm³/mol. The molecule has 110 valence electrons. The van der Waals surface area contributed by atoms with Crippen molar-refractivity contribution >= 4 is 11.9 Å². The highest BCUT2D eigenvalue weighted by Crippen LogP contribution is 2.05. The maximum absolute atomic E-state index is 11.8. The second-order valence-electron chi connectivity index (χ2n) is 4.09. The first-order valence-corrected chi connectivity index (χ1v) is 6.22. The Labute approximate surface area is 120 Å². The van der Waals surface area contributed by atoms with E-state index >= 15 is 0 Å². The van der Waals surface area contributed by atoms with E-state index in [0.717, 1.165) is 5.69 Å². The fraction of sp³-hybridized carbons (Fsp3) is 0.231. The number of benzene rings is 1. The van der Waals surface area contributed by atoms with Crippen molar-refractivity contribution < 1.29 is 19.4 Å². The third kappa shape index (κ3) is 4.39. The summed E-state index contributed by atoms with van der Waals surface area (Å²) < 4.78 is 6.30. The van der Waals surface area contributed by atoms with Gasteiger partial charge < -0.3 is 15.2 Å². The van der Waals surface area contributed by atoms with Crippen LogP contribution in [0, 0.1) is 0 Å². The van der Waals surface area contributed by atoms with Crippen LogP contribution in [0.5, 0.6) is 0 Å². The number of nitrogens with zero attached hydrogens (tertiary/aromatic N) is 3. The van der Waals surface area contributed by atoms with Crippen LogP contribution >= 0.6 is 0 Å². The van der Waals surface area contributed by atoms with Gasteiger partial charge in [-0.1, -0.05) is 23.4 Å². The summed E-state index contributed by atoms with van der Waals surface area (Å²) in [5, 5.41) is 18.6. The van der Waals surface area contributed by atoms with Gasteiger partial charge in [-0.05, 0) is 12.1 Å². The molecule has 0 aliphatic carbocycles. The molecule has 0 bridgehead atoms. The minimum atomic E-state index is -1.05. The highest BCUT2D eigenvalue weighted by molar-refractivity contribution is 5.91. The normalized spacial score (nSPS) is 10.3. The number of rotatable bonds is 7. The first-order chi connectivity index (χ1) is 10.2. The van der Waals surface area contributed by atoms with Gasteiger partial charge in [0, 0.05) is 6.54 Å². The summed E-state index contributed by atoms with van der Waals surface area (Å²) in [4.78, 5) is 22.0. The molecule has 8 nitrogen and oxygen atoms in total. The van der Waals surface area contributed by atoms with Crippen LogP contribution < -0.4 is 5.32 Å². The Morgan fingerprint density at radius 3 is 2.76 bits per heavy atom. The van der Waals surface area contributed by atoms with E-state index < -0.39 is 11.9 Å². The molecule has 2 rings (SSSR count). The van der Waals surface area contributed by atoms with Crippen molar-refractivity contribution in [2.45, 2.75) is 0 Å². The van der Waals surface area contributed by atoms with E-state index in [1.807, 2.05) is 30.3 Å². The highest BCUT2D eigenvalue weighted by atomic mass is 16.5. The minimum Gasteiger partial charge on any atom is -0.480 e. The van der Waals surface area contributed by atoms with Crippen molar-refractivity contribution in [2.75, 3.05) is 19.8 Å². The molecule has 0 unspecified atom stereocenters. The third-order valence-corrected chi connectivity index (χ3v) is 2.50. The number of nitrogens with one attached hydrogen (secondary N) is 1. The molecule has 1 heterocycles.